The first-order chi connectivity index (χ1) is 13.2. The van der Waals surface area contributed by atoms with Gasteiger partial charge in [0.15, 0.2) is 5.96 Å². The number of rotatable bonds is 8. The molecule has 2 aromatic carbocycles. The maximum atomic E-state index is 11.6. The minimum absolute atomic E-state index is 0. The second kappa shape index (κ2) is 13.1. The lowest BCUT2D eigenvalue weighted by Crippen LogP contribution is -2.39. The molecule has 0 bridgehead atoms. The van der Waals surface area contributed by atoms with Crippen molar-refractivity contribution in [3.05, 3.63) is 71.3 Å². The molecule has 2 rings (SSSR count). The van der Waals surface area contributed by atoms with Crippen molar-refractivity contribution in [2.75, 3.05) is 26.7 Å². The van der Waals surface area contributed by atoms with E-state index in [1.807, 2.05) is 49.4 Å². The Labute approximate surface area is 183 Å². The molecule has 1 amide bonds. The summed E-state index contributed by atoms with van der Waals surface area (Å²) in [4.78, 5) is 16.2. The Hall–Kier alpha value is -2.13. The number of carbonyl (C=O) groups is 1. The number of aliphatic imine (C=N–C) groups is 1. The molecule has 0 saturated carbocycles. The van der Waals surface area contributed by atoms with Gasteiger partial charge >= 0.3 is 0 Å². The van der Waals surface area contributed by atoms with E-state index in [4.69, 9.17) is 0 Å². The smallest absolute Gasteiger partial charge is 0.251 e. The number of hydrogen-bond acceptors (Lipinski definition) is 3. The molecule has 0 saturated heterocycles. The summed E-state index contributed by atoms with van der Waals surface area (Å²) >= 11 is 0. The van der Waals surface area contributed by atoms with E-state index in [-0.39, 0.29) is 42.4 Å². The number of benzene rings is 2. The van der Waals surface area contributed by atoms with Gasteiger partial charge in [0, 0.05) is 31.6 Å². The number of amides is 1. The molecule has 0 fully saturated rings. The van der Waals surface area contributed by atoms with Crippen molar-refractivity contribution < 1.29 is 9.90 Å². The lowest BCUT2D eigenvalue weighted by Gasteiger charge is -2.18. The molecule has 0 aromatic heterocycles. The van der Waals surface area contributed by atoms with E-state index in [1.54, 1.807) is 19.2 Å². The highest BCUT2D eigenvalue weighted by atomic mass is 127. The van der Waals surface area contributed by atoms with Crippen LogP contribution in [0.25, 0.3) is 0 Å². The van der Waals surface area contributed by atoms with E-state index >= 15 is 0 Å². The molecule has 1 unspecified atom stereocenters. The highest BCUT2D eigenvalue weighted by molar-refractivity contribution is 14.0. The molecule has 6 nitrogen and oxygen atoms in total. The lowest BCUT2D eigenvalue weighted by molar-refractivity contribution is 0.0963. The summed E-state index contributed by atoms with van der Waals surface area (Å²) in [6.45, 7) is 3.91. The Kier molecular flexibility index (Phi) is 11.2. The van der Waals surface area contributed by atoms with Crippen LogP contribution in [0.1, 0.15) is 34.3 Å². The summed E-state index contributed by atoms with van der Waals surface area (Å²) in [6, 6.07) is 17.3. The SMILES string of the molecule is CCNC(=NCc1ccc(C(=O)NC)cc1)NCC(CO)c1ccccc1.I. The van der Waals surface area contributed by atoms with E-state index in [1.165, 1.54) is 0 Å². The molecule has 2 aromatic rings. The van der Waals surface area contributed by atoms with Crippen LogP contribution in [0.4, 0.5) is 0 Å². The predicted octanol–water partition coefficient (Wildman–Crippen LogP) is 2.50. The second-order valence-corrected chi connectivity index (χ2v) is 6.14. The molecule has 4 N–H and O–H groups in total. The molecule has 0 spiro atoms. The van der Waals surface area contributed by atoms with Crippen LogP contribution in [-0.2, 0) is 6.54 Å². The van der Waals surface area contributed by atoms with E-state index in [0.717, 1.165) is 17.7 Å². The highest BCUT2D eigenvalue weighted by Gasteiger charge is 2.10. The number of hydrogen-bond donors (Lipinski definition) is 4. The number of nitrogens with one attached hydrogen (secondary N) is 3. The molecule has 1 atom stereocenters. The molecule has 0 heterocycles. The zero-order valence-electron chi connectivity index (χ0n) is 16.3. The van der Waals surface area contributed by atoms with Gasteiger partial charge in [0.1, 0.15) is 0 Å². The van der Waals surface area contributed by atoms with Crippen molar-refractivity contribution in [2.24, 2.45) is 4.99 Å². The van der Waals surface area contributed by atoms with E-state index in [9.17, 15) is 9.90 Å². The fraction of sp³-hybridized carbons (Fsp3) is 0.333. The standard InChI is InChI=1S/C21H28N4O2.HI/c1-3-23-21(25-14-19(15-26)17-7-5-4-6-8-17)24-13-16-9-11-18(12-10-16)20(27)22-2;/h4-12,19,26H,3,13-15H2,1-2H3,(H,22,27)(H2,23,24,25);1H. The molecule has 0 aliphatic heterocycles. The normalized spacial score (nSPS) is 11.9. The van der Waals surface area contributed by atoms with Crippen molar-refractivity contribution in [1.82, 2.24) is 16.0 Å². The summed E-state index contributed by atoms with van der Waals surface area (Å²) in [5.74, 6) is 0.597. The summed E-state index contributed by atoms with van der Waals surface area (Å²) in [5.41, 5.74) is 2.73. The molecule has 0 aliphatic rings. The maximum absolute atomic E-state index is 11.6. The third-order valence-corrected chi connectivity index (χ3v) is 4.21. The van der Waals surface area contributed by atoms with E-state index in [0.29, 0.717) is 24.6 Å². The Bertz CT molecular complexity index is 736. The van der Waals surface area contributed by atoms with Crippen LogP contribution in [0.2, 0.25) is 0 Å². The van der Waals surface area contributed by atoms with Crippen molar-refractivity contribution in [2.45, 2.75) is 19.4 Å². The Morgan fingerprint density at radius 3 is 2.32 bits per heavy atom. The van der Waals surface area contributed by atoms with Gasteiger partial charge in [-0.1, -0.05) is 42.5 Å². The molecule has 7 heteroatoms. The van der Waals surface area contributed by atoms with Crippen molar-refractivity contribution in [3.63, 3.8) is 0 Å². The topological polar surface area (TPSA) is 85.8 Å². The van der Waals surface area contributed by atoms with E-state index < -0.39 is 0 Å². The van der Waals surface area contributed by atoms with Crippen LogP contribution in [0.5, 0.6) is 0 Å². The average Bonchev–Trinajstić information content (AvgIpc) is 2.73. The zero-order chi connectivity index (χ0) is 19.5. The third-order valence-electron chi connectivity index (χ3n) is 4.21. The molecular weight excluding hydrogens is 467 g/mol. The molecule has 152 valence electrons. The van der Waals surface area contributed by atoms with Gasteiger partial charge in [0.05, 0.1) is 13.2 Å². The van der Waals surface area contributed by atoms with Crippen molar-refractivity contribution in [3.8, 4) is 0 Å². The summed E-state index contributed by atoms with van der Waals surface area (Å²) < 4.78 is 0. The van der Waals surface area contributed by atoms with Crippen LogP contribution in [0.15, 0.2) is 59.6 Å². The van der Waals surface area contributed by atoms with E-state index in [2.05, 4.69) is 20.9 Å². The van der Waals surface area contributed by atoms with Gasteiger partial charge in [0.25, 0.3) is 5.91 Å². The van der Waals surface area contributed by atoms with Crippen molar-refractivity contribution in [1.29, 1.82) is 0 Å². The molecule has 28 heavy (non-hydrogen) atoms. The first-order valence-electron chi connectivity index (χ1n) is 9.17. The number of aliphatic hydroxyl groups excluding tert-OH is 1. The second-order valence-electron chi connectivity index (χ2n) is 6.14. The lowest BCUT2D eigenvalue weighted by atomic mass is 10.0. The van der Waals surface area contributed by atoms with Crippen LogP contribution in [0.3, 0.4) is 0 Å². The molecule has 0 aliphatic carbocycles. The number of halogens is 1. The van der Waals surface area contributed by atoms with Gasteiger partial charge in [-0.25, -0.2) is 4.99 Å². The summed E-state index contributed by atoms with van der Waals surface area (Å²) in [7, 11) is 1.62. The number of aliphatic hydroxyl groups is 1. The largest absolute Gasteiger partial charge is 0.396 e. The van der Waals surface area contributed by atoms with Crippen LogP contribution in [-0.4, -0.2) is 43.7 Å². The van der Waals surface area contributed by atoms with Gasteiger partial charge in [-0.2, -0.15) is 0 Å². The highest BCUT2D eigenvalue weighted by Crippen LogP contribution is 2.13. The first kappa shape index (κ1) is 23.9. The van der Waals surface area contributed by atoms with Crippen LogP contribution in [0, 0.1) is 0 Å². The van der Waals surface area contributed by atoms with Gasteiger partial charge in [0.2, 0.25) is 0 Å². The predicted molar refractivity (Wildman–Crippen MR) is 124 cm³/mol. The third kappa shape index (κ3) is 7.47. The van der Waals surface area contributed by atoms with Gasteiger partial charge in [-0.15, -0.1) is 24.0 Å². The minimum Gasteiger partial charge on any atom is -0.396 e. The average molecular weight is 496 g/mol. The number of carbonyl (C=O) groups excluding carboxylic acids is 1. The Balaban J connectivity index is 0.00000392. The maximum Gasteiger partial charge on any atom is 0.251 e. The van der Waals surface area contributed by atoms with Crippen LogP contribution >= 0.6 is 24.0 Å². The quantitative estimate of drug-likeness (QED) is 0.257. The van der Waals surface area contributed by atoms with Gasteiger partial charge in [-0.3, -0.25) is 4.79 Å². The fourth-order valence-electron chi connectivity index (χ4n) is 2.65. The van der Waals surface area contributed by atoms with Crippen molar-refractivity contribution >= 4 is 35.8 Å². The molecular formula is C21H29IN4O2. The summed E-state index contributed by atoms with van der Waals surface area (Å²) in [6.07, 6.45) is 0. The van der Waals surface area contributed by atoms with Crippen LogP contribution < -0.4 is 16.0 Å². The molecule has 0 radical (unpaired) electrons. The van der Waals surface area contributed by atoms with Gasteiger partial charge < -0.3 is 21.1 Å². The Morgan fingerprint density at radius 2 is 1.75 bits per heavy atom. The first-order valence-corrected chi connectivity index (χ1v) is 9.17. The van der Waals surface area contributed by atoms with Gasteiger partial charge in [-0.05, 0) is 30.2 Å². The minimum atomic E-state index is -0.101. The number of guanidine groups is 1. The number of nitrogens with zero attached hydrogens (tertiary/aromatic N) is 1. The zero-order valence-corrected chi connectivity index (χ0v) is 18.6. The summed E-state index contributed by atoms with van der Waals surface area (Å²) in [5, 5.41) is 18.8. The Morgan fingerprint density at radius 1 is 1.07 bits per heavy atom. The monoisotopic (exact) mass is 496 g/mol. The fourth-order valence-corrected chi connectivity index (χ4v) is 2.65.